The highest BCUT2D eigenvalue weighted by molar-refractivity contribution is 4.81. The lowest BCUT2D eigenvalue weighted by atomic mass is 10.0. The minimum Gasteiger partial charge on any atom is -0.0885 e. The Morgan fingerprint density at radius 1 is 0.258 bits per heavy atom. The molecule has 186 valence electrons. The van der Waals surface area contributed by atoms with E-state index in [9.17, 15) is 0 Å². The van der Waals surface area contributed by atoms with E-state index in [4.69, 9.17) is 0 Å². The lowest BCUT2D eigenvalue weighted by molar-refractivity contribution is 0.533. The average molecular weight is 435 g/mol. The molecule has 0 N–H and O–H groups in total. The van der Waals surface area contributed by atoms with Crippen LogP contribution < -0.4 is 0 Å². The average Bonchev–Trinajstić information content (AvgIpc) is 2.78. The van der Waals surface area contributed by atoms with Crippen molar-refractivity contribution in [3.05, 3.63) is 12.2 Å². The Morgan fingerprint density at radius 2 is 0.452 bits per heavy atom. The van der Waals surface area contributed by atoms with E-state index in [1.54, 1.807) is 0 Å². The van der Waals surface area contributed by atoms with Gasteiger partial charge in [0.05, 0.1) is 0 Å². The first-order valence-corrected chi connectivity index (χ1v) is 15.1. The molecule has 0 amide bonds. The summed E-state index contributed by atoms with van der Waals surface area (Å²) in [6.07, 6.45) is 43.9. The maximum Gasteiger partial charge on any atom is -0.0351 e. The molecule has 0 aliphatic heterocycles. The van der Waals surface area contributed by atoms with Crippen LogP contribution in [0.5, 0.6) is 0 Å². The monoisotopic (exact) mass is 434 g/mol. The first kappa shape index (κ1) is 30.7. The van der Waals surface area contributed by atoms with Crippen molar-refractivity contribution in [2.24, 2.45) is 0 Å². The predicted octanol–water partition coefficient (Wildman–Crippen LogP) is 12.1. The number of hydrogen-bond donors (Lipinski definition) is 0. The molecule has 0 saturated carbocycles. The van der Waals surface area contributed by atoms with Crippen LogP contribution in [0.15, 0.2) is 12.2 Å². The minimum atomic E-state index is 1.31. The smallest absolute Gasteiger partial charge is 0.0351 e. The Bertz CT molecular complexity index is 316. The van der Waals surface area contributed by atoms with E-state index < -0.39 is 0 Å². The molecule has 0 nitrogen and oxygen atoms in total. The molecule has 0 heteroatoms. The van der Waals surface area contributed by atoms with Gasteiger partial charge in [-0.05, 0) is 25.7 Å². The van der Waals surface area contributed by atoms with E-state index in [1.165, 1.54) is 173 Å². The number of allylic oxidation sites excluding steroid dienone is 2. The Morgan fingerprint density at radius 3 is 0.677 bits per heavy atom. The van der Waals surface area contributed by atoms with E-state index in [1.807, 2.05) is 0 Å². The van der Waals surface area contributed by atoms with Crippen LogP contribution in [0.2, 0.25) is 0 Å². The van der Waals surface area contributed by atoms with Gasteiger partial charge in [-0.15, -0.1) is 0 Å². The van der Waals surface area contributed by atoms with Gasteiger partial charge in [0.1, 0.15) is 0 Å². The Hall–Kier alpha value is -0.260. The summed E-state index contributed by atoms with van der Waals surface area (Å²) < 4.78 is 0. The fourth-order valence-corrected chi connectivity index (χ4v) is 4.62. The maximum absolute atomic E-state index is 2.45. The van der Waals surface area contributed by atoms with Crippen LogP contribution >= 0.6 is 0 Å². The molecule has 31 heavy (non-hydrogen) atoms. The third kappa shape index (κ3) is 29.7. The summed E-state index contributed by atoms with van der Waals surface area (Å²) >= 11 is 0. The first-order chi connectivity index (χ1) is 15.4. The van der Waals surface area contributed by atoms with Crippen molar-refractivity contribution < 1.29 is 0 Å². The molecule has 0 aromatic heterocycles. The normalized spacial score (nSPS) is 11.7. The molecule has 0 bridgehead atoms. The molecule has 0 heterocycles. The minimum absolute atomic E-state index is 1.31. The molecule has 0 spiro atoms. The zero-order chi connectivity index (χ0) is 22.5. The molecule has 0 atom stereocenters. The van der Waals surface area contributed by atoms with Gasteiger partial charge in [0, 0.05) is 0 Å². The van der Waals surface area contributed by atoms with Gasteiger partial charge in [0.2, 0.25) is 0 Å². The van der Waals surface area contributed by atoms with Crippen molar-refractivity contribution in [1.29, 1.82) is 0 Å². The topological polar surface area (TPSA) is 0 Å². The van der Waals surface area contributed by atoms with Crippen LogP contribution in [0, 0.1) is 0 Å². The van der Waals surface area contributed by atoms with Crippen LogP contribution in [0.1, 0.15) is 187 Å². The van der Waals surface area contributed by atoms with Crippen LogP contribution in [-0.2, 0) is 0 Å². The van der Waals surface area contributed by atoms with Gasteiger partial charge < -0.3 is 0 Å². The van der Waals surface area contributed by atoms with Gasteiger partial charge in [-0.25, -0.2) is 0 Å². The summed E-state index contributed by atoms with van der Waals surface area (Å²) in [4.78, 5) is 0. The summed E-state index contributed by atoms with van der Waals surface area (Å²) in [6, 6.07) is 0. The molecular formula is C31H62. The molecule has 0 unspecified atom stereocenters. The van der Waals surface area contributed by atoms with Crippen LogP contribution in [-0.4, -0.2) is 0 Å². The quantitative estimate of drug-likeness (QED) is 0.0890. The molecule has 0 saturated heterocycles. The molecule has 0 aliphatic rings. The van der Waals surface area contributed by atoms with Gasteiger partial charge in [-0.2, -0.15) is 0 Å². The van der Waals surface area contributed by atoms with Crippen LogP contribution in [0.4, 0.5) is 0 Å². The highest BCUT2D eigenvalue weighted by atomic mass is 14.0. The second kappa shape index (κ2) is 29.7. The van der Waals surface area contributed by atoms with Crippen molar-refractivity contribution >= 4 is 0 Å². The summed E-state index contributed by atoms with van der Waals surface area (Å²) in [7, 11) is 0. The fourth-order valence-electron chi connectivity index (χ4n) is 4.62. The van der Waals surface area contributed by atoms with E-state index in [-0.39, 0.29) is 0 Å². The maximum atomic E-state index is 2.45. The highest BCUT2D eigenvalue weighted by Crippen LogP contribution is 2.14. The molecule has 0 fully saturated rings. The van der Waals surface area contributed by atoms with Crippen molar-refractivity contribution in [2.45, 2.75) is 187 Å². The second-order valence-electron chi connectivity index (χ2n) is 10.2. The molecule has 0 rings (SSSR count). The lowest BCUT2D eigenvalue weighted by Crippen LogP contribution is -1.83. The fraction of sp³-hybridized carbons (Fsp3) is 0.935. The van der Waals surface area contributed by atoms with E-state index in [0.29, 0.717) is 0 Å². The highest BCUT2D eigenvalue weighted by Gasteiger charge is 1.94. The van der Waals surface area contributed by atoms with Gasteiger partial charge in [-0.1, -0.05) is 174 Å². The van der Waals surface area contributed by atoms with Crippen molar-refractivity contribution in [1.82, 2.24) is 0 Å². The Kier molecular flexibility index (Phi) is 29.5. The van der Waals surface area contributed by atoms with Gasteiger partial charge in [0.25, 0.3) is 0 Å². The zero-order valence-corrected chi connectivity index (χ0v) is 22.2. The van der Waals surface area contributed by atoms with Crippen LogP contribution in [0.25, 0.3) is 0 Å². The Balaban J connectivity index is 3.06. The number of hydrogen-bond acceptors (Lipinski definition) is 0. The van der Waals surface area contributed by atoms with Crippen molar-refractivity contribution in [3.8, 4) is 0 Å². The SMILES string of the molecule is CCCCCCCCCCCC/C=C/CCCCCCCCCCCCCCCCC. The number of unbranched alkanes of at least 4 members (excludes halogenated alkanes) is 25. The van der Waals surface area contributed by atoms with Gasteiger partial charge >= 0.3 is 0 Å². The van der Waals surface area contributed by atoms with E-state index in [0.717, 1.165) is 0 Å². The Labute approximate surface area is 199 Å². The molecule has 0 aliphatic carbocycles. The van der Waals surface area contributed by atoms with Gasteiger partial charge in [0.15, 0.2) is 0 Å². The first-order valence-electron chi connectivity index (χ1n) is 15.1. The summed E-state index contributed by atoms with van der Waals surface area (Å²) in [5, 5.41) is 0. The van der Waals surface area contributed by atoms with Gasteiger partial charge in [-0.3, -0.25) is 0 Å². The second-order valence-corrected chi connectivity index (χ2v) is 10.2. The lowest BCUT2D eigenvalue weighted by Gasteiger charge is -2.03. The van der Waals surface area contributed by atoms with Crippen LogP contribution in [0.3, 0.4) is 0 Å². The standard InChI is InChI=1S/C31H62/c1-3-5-7-9-11-13-15-17-19-21-23-25-27-29-31-30-28-26-24-22-20-18-16-14-12-10-8-6-4-2/h25,27H,3-24,26,28-31H2,1-2H3/b27-25+. The van der Waals surface area contributed by atoms with Crippen molar-refractivity contribution in [2.75, 3.05) is 0 Å². The summed E-state index contributed by atoms with van der Waals surface area (Å²) in [6.45, 7) is 4.60. The molecular weight excluding hydrogens is 372 g/mol. The summed E-state index contributed by atoms with van der Waals surface area (Å²) in [5.74, 6) is 0. The summed E-state index contributed by atoms with van der Waals surface area (Å²) in [5.41, 5.74) is 0. The molecule has 0 aromatic rings. The number of rotatable bonds is 27. The largest absolute Gasteiger partial charge is 0.0885 e. The molecule has 0 radical (unpaired) electrons. The van der Waals surface area contributed by atoms with E-state index >= 15 is 0 Å². The third-order valence-corrected chi connectivity index (χ3v) is 6.87. The van der Waals surface area contributed by atoms with Crippen molar-refractivity contribution in [3.63, 3.8) is 0 Å². The predicted molar refractivity (Wildman–Crippen MR) is 145 cm³/mol. The van der Waals surface area contributed by atoms with E-state index in [2.05, 4.69) is 26.0 Å². The zero-order valence-electron chi connectivity index (χ0n) is 22.2. The molecule has 0 aromatic carbocycles. The third-order valence-electron chi connectivity index (χ3n) is 6.87.